The zero-order chi connectivity index (χ0) is 11.3. The third-order valence-electron chi connectivity index (χ3n) is 2.47. The van der Waals surface area contributed by atoms with Crippen LogP contribution in [0.3, 0.4) is 0 Å². The van der Waals surface area contributed by atoms with E-state index in [1.165, 1.54) is 0 Å². The Morgan fingerprint density at radius 1 is 1.53 bits per heavy atom. The molecule has 0 fully saturated rings. The minimum absolute atomic E-state index is 0.282. The van der Waals surface area contributed by atoms with Crippen LogP contribution in [0, 0.1) is 5.92 Å². The van der Waals surface area contributed by atoms with E-state index in [4.69, 9.17) is 4.74 Å². The predicted octanol–water partition coefficient (Wildman–Crippen LogP) is 1.35. The monoisotopic (exact) mass is 211 g/mol. The first-order chi connectivity index (χ1) is 7.15. The minimum atomic E-state index is 0.282. The van der Waals surface area contributed by atoms with Gasteiger partial charge >= 0.3 is 0 Å². The van der Waals surface area contributed by atoms with E-state index in [1.807, 2.05) is 24.0 Å². The average molecular weight is 211 g/mol. The zero-order valence-electron chi connectivity index (χ0n) is 10.0. The molecular formula is C11H21N3O. The molecule has 0 aliphatic carbocycles. The third kappa shape index (κ3) is 3.64. The van der Waals surface area contributed by atoms with Gasteiger partial charge in [-0.05, 0) is 12.8 Å². The predicted molar refractivity (Wildman–Crippen MR) is 60.7 cm³/mol. The molecule has 0 bridgehead atoms. The summed E-state index contributed by atoms with van der Waals surface area (Å²) in [5.74, 6) is 1.59. The Morgan fingerprint density at radius 3 is 2.80 bits per heavy atom. The molecule has 1 heterocycles. The van der Waals surface area contributed by atoms with E-state index in [0.29, 0.717) is 5.92 Å². The number of hydrogen-bond acceptors (Lipinski definition) is 3. The first-order valence-corrected chi connectivity index (χ1v) is 5.34. The molecule has 15 heavy (non-hydrogen) atoms. The molecule has 2 atom stereocenters. The smallest absolute Gasteiger partial charge is 0.125 e. The first kappa shape index (κ1) is 12.2. The van der Waals surface area contributed by atoms with Gasteiger partial charge in [-0.25, -0.2) is 4.98 Å². The summed E-state index contributed by atoms with van der Waals surface area (Å²) in [6.07, 6.45) is 3.79. The van der Waals surface area contributed by atoms with Crippen molar-refractivity contribution in [3.63, 3.8) is 0 Å². The van der Waals surface area contributed by atoms with E-state index in [1.54, 1.807) is 7.11 Å². The van der Waals surface area contributed by atoms with Crippen molar-refractivity contribution in [2.45, 2.75) is 19.9 Å². The van der Waals surface area contributed by atoms with E-state index in [2.05, 4.69) is 24.1 Å². The second-order valence-electron chi connectivity index (χ2n) is 4.09. The van der Waals surface area contributed by atoms with Crippen LogP contribution in [0.5, 0.6) is 0 Å². The lowest BCUT2D eigenvalue weighted by Crippen LogP contribution is -2.28. The van der Waals surface area contributed by atoms with Crippen molar-refractivity contribution in [1.82, 2.24) is 14.9 Å². The van der Waals surface area contributed by atoms with Crippen LogP contribution < -0.4 is 5.32 Å². The summed E-state index contributed by atoms with van der Waals surface area (Å²) in [7, 11) is 3.75. The van der Waals surface area contributed by atoms with Crippen LogP contribution in [0.1, 0.15) is 25.7 Å². The van der Waals surface area contributed by atoms with Crippen LogP contribution in [0.25, 0.3) is 0 Å². The van der Waals surface area contributed by atoms with Crippen LogP contribution in [-0.4, -0.2) is 29.8 Å². The number of aromatic nitrogens is 2. The summed E-state index contributed by atoms with van der Waals surface area (Å²) in [4.78, 5) is 4.31. The van der Waals surface area contributed by atoms with Crippen molar-refractivity contribution in [2.75, 3.05) is 20.3 Å². The summed E-state index contributed by atoms with van der Waals surface area (Å²) in [5.41, 5.74) is 0. The van der Waals surface area contributed by atoms with Gasteiger partial charge in [0.1, 0.15) is 5.82 Å². The Morgan fingerprint density at radius 2 is 2.27 bits per heavy atom. The summed E-state index contributed by atoms with van der Waals surface area (Å²) in [6, 6.07) is 0.282. The molecule has 86 valence electrons. The SMILES string of the molecule is COCC(C)CNC(C)c1nccn1C. The molecule has 1 aromatic rings. The minimum Gasteiger partial charge on any atom is -0.384 e. The summed E-state index contributed by atoms with van der Waals surface area (Å²) < 4.78 is 7.13. The number of methoxy groups -OCH3 is 1. The normalized spacial score (nSPS) is 15.2. The molecule has 0 amide bonds. The van der Waals surface area contributed by atoms with Gasteiger partial charge in [0.2, 0.25) is 0 Å². The van der Waals surface area contributed by atoms with Gasteiger partial charge < -0.3 is 14.6 Å². The lowest BCUT2D eigenvalue weighted by atomic mass is 10.2. The maximum Gasteiger partial charge on any atom is 0.125 e. The molecule has 1 rings (SSSR count). The van der Waals surface area contributed by atoms with Crippen LogP contribution in [0.4, 0.5) is 0 Å². The van der Waals surface area contributed by atoms with Crippen molar-refractivity contribution in [2.24, 2.45) is 13.0 Å². The Bertz CT molecular complexity index is 285. The molecule has 1 aromatic heterocycles. The van der Waals surface area contributed by atoms with E-state index in [9.17, 15) is 0 Å². The van der Waals surface area contributed by atoms with Gasteiger partial charge in [0, 0.05) is 39.7 Å². The maximum absolute atomic E-state index is 5.09. The van der Waals surface area contributed by atoms with Gasteiger partial charge in [0.05, 0.1) is 6.04 Å². The van der Waals surface area contributed by atoms with Crippen molar-refractivity contribution < 1.29 is 4.74 Å². The topological polar surface area (TPSA) is 39.1 Å². The van der Waals surface area contributed by atoms with Crippen LogP contribution in [0.15, 0.2) is 12.4 Å². The molecule has 0 aromatic carbocycles. The van der Waals surface area contributed by atoms with Gasteiger partial charge in [0.15, 0.2) is 0 Å². The quantitative estimate of drug-likeness (QED) is 0.772. The molecule has 0 radical (unpaired) electrons. The highest BCUT2D eigenvalue weighted by Crippen LogP contribution is 2.08. The maximum atomic E-state index is 5.09. The average Bonchev–Trinajstić information content (AvgIpc) is 2.61. The Balaban J connectivity index is 2.36. The Labute approximate surface area is 91.7 Å². The van der Waals surface area contributed by atoms with E-state index in [-0.39, 0.29) is 6.04 Å². The number of nitrogens with zero attached hydrogens (tertiary/aromatic N) is 2. The molecular weight excluding hydrogens is 190 g/mol. The van der Waals surface area contributed by atoms with Gasteiger partial charge in [0.25, 0.3) is 0 Å². The van der Waals surface area contributed by atoms with Gasteiger partial charge in [-0.1, -0.05) is 6.92 Å². The van der Waals surface area contributed by atoms with Crippen molar-refractivity contribution >= 4 is 0 Å². The Kier molecular flexibility index (Phi) is 4.78. The molecule has 1 N–H and O–H groups in total. The number of hydrogen-bond donors (Lipinski definition) is 1. The van der Waals surface area contributed by atoms with E-state index in [0.717, 1.165) is 19.0 Å². The van der Waals surface area contributed by atoms with Gasteiger partial charge in [-0.15, -0.1) is 0 Å². The van der Waals surface area contributed by atoms with E-state index >= 15 is 0 Å². The zero-order valence-corrected chi connectivity index (χ0v) is 10.0. The largest absolute Gasteiger partial charge is 0.384 e. The summed E-state index contributed by atoms with van der Waals surface area (Å²) >= 11 is 0. The fraction of sp³-hybridized carbons (Fsp3) is 0.727. The molecule has 0 spiro atoms. The molecule has 2 unspecified atom stereocenters. The fourth-order valence-corrected chi connectivity index (χ4v) is 1.61. The van der Waals surface area contributed by atoms with Crippen molar-refractivity contribution in [3.8, 4) is 0 Å². The molecule has 4 nitrogen and oxygen atoms in total. The number of ether oxygens (including phenoxy) is 1. The first-order valence-electron chi connectivity index (χ1n) is 5.34. The summed E-state index contributed by atoms with van der Waals surface area (Å²) in [5, 5.41) is 3.45. The lowest BCUT2D eigenvalue weighted by Gasteiger charge is -2.17. The highest BCUT2D eigenvalue weighted by Gasteiger charge is 2.10. The fourth-order valence-electron chi connectivity index (χ4n) is 1.61. The van der Waals surface area contributed by atoms with Crippen LogP contribution in [-0.2, 0) is 11.8 Å². The van der Waals surface area contributed by atoms with Crippen molar-refractivity contribution in [1.29, 1.82) is 0 Å². The second kappa shape index (κ2) is 5.88. The highest BCUT2D eigenvalue weighted by molar-refractivity contribution is 4.96. The Hall–Kier alpha value is -0.870. The van der Waals surface area contributed by atoms with Crippen LogP contribution in [0.2, 0.25) is 0 Å². The number of nitrogens with one attached hydrogen (secondary N) is 1. The molecule has 4 heteroatoms. The standard InChI is InChI=1S/C11H21N3O/c1-9(8-15-4)7-13-10(2)11-12-5-6-14(11)3/h5-6,9-10,13H,7-8H2,1-4H3. The number of aryl methyl sites for hydroxylation is 1. The third-order valence-corrected chi connectivity index (χ3v) is 2.47. The molecule has 0 aliphatic heterocycles. The molecule has 0 saturated carbocycles. The van der Waals surface area contributed by atoms with E-state index < -0.39 is 0 Å². The number of imidazole rings is 1. The second-order valence-corrected chi connectivity index (χ2v) is 4.09. The molecule has 0 saturated heterocycles. The summed E-state index contributed by atoms with van der Waals surface area (Å²) in [6.45, 7) is 6.03. The lowest BCUT2D eigenvalue weighted by molar-refractivity contribution is 0.157. The highest BCUT2D eigenvalue weighted by atomic mass is 16.5. The van der Waals surface area contributed by atoms with Crippen LogP contribution >= 0.6 is 0 Å². The number of rotatable bonds is 6. The van der Waals surface area contributed by atoms with Gasteiger partial charge in [-0.2, -0.15) is 0 Å². The van der Waals surface area contributed by atoms with Gasteiger partial charge in [-0.3, -0.25) is 0 Å². The van der Waals surface area contributed by atoms with Crippen molar-refractivity contribution in [3.05, 3.63) is 18.2 Å². The molecule has 0 aliphatic rings.